The first-order valence-corrected chi connectivity index (χ1v) is 7.64. The van der Waals surface area contributed by atoms with Crippen molar-refractivity contribution < 1.29 is 4.74 Å². The number of aryl methyl sites for hydroxylation is 1. The van der Waals surface area contributed by atoms with E-state index < -0.39 is 0 Å². The summed E-state index contributed by atoms with van der Waals surface area (Å²) in [5.41, 5.74) is 5.45. The fraction of sp³-hybridized carbons (Fsp3) is 0.368. The smallest absolute Gasteiger partial charge is 0.122 e. The molecule has 21 heavy (non-hydrogen) atoms. The molecule has 2 nitrogen and oxygen atoms in total. The molecule has 2 atom stereocenters. The van der Waals surface area contributed by atoms with Crippen molar-refractivity contribution in [3.05, 3.63) is 64.7 Å². The van der Waals surface area contributed by atoms with Gasteiger partial charge < -0.3 is 10.1 Å². The highest BCUT2D eigenvalue weighted by Gasteiger charge is 2.28. The van der Waals surface area contributed by atoms with Crippen molar-refractivity contribution in [2.24, 2.45) is 5.92 Å². The Morgan fingerprint density at radius 3 is 2.71 bits per heavy atom. The number of para-hydroxylation sites is 1. The van der Waals surface area contributed by atoms with Gasteiger partial charge in [0.2, 0.25) is 0 Å². The van der Waals surface area contributed by atoms with E-state index in [0.717, 1.165) is 18.8 Å². The number of hydrogen-bond acceptors (Lipinski definition) is 2. The zero-order valence-corrected chi connectivity index (χ0v) is 13.0. The lowest BCUT2D eigenvalue weighted by Gasteiger charge is -2.32. The Hall–Kier alpha value is -1.80. The molecule has 2 aromatic carbocycles. The quantitative estimate of drug-likeness (QED) is 0.923. The zero-order chi connectivity index (χ0) is 14.8. The number of rotatable bonds is 3. The van der Waals surface area contributed by atoms with Crippen molar-refractivity contribution in [1.29, 1.82) is 0 Å². The van der Waals surface area contributed by atoms with Crippen LogP contribution in [0, 0.1) is 19.8 Å². The molecule has 0 spiro atoms. The van der Waals surface area contributed by atoms with Crippen LogP contribution in [0.3, 0.4) is 0 Å². The Bertz CT molecular complexity index is 635. The van der Waals surface area contributed by atoms with E-state index in [1.54, 1.807) is 0 Å². The first-order chi connectivity index (χ1) is 10.2. The predicted octanol–water partition coefficient (Wildman–Crippen LogP) is 3.82. The third-order valence-corrected chi connectivity index (χ3v) is 4.67. The molecule has 0 amide bonds. The number of ether oxygens (including phenoxy) is 1. The van der Waals surface area contributed by atoms with Gasteiger partial charge in [0.05, 0.1) is 6.61 Å². The van der Waals surface area contributed by atoms with Gasteiger partial charge in [-0.2, -0.15) is 0 Å². The SMILES string of the molecule is CNC(c1cccc(C)c1C)C1COc2ccccc2C1. The summed E-state index contributed by atoms with van der Waals surface area (Å²) in [5.74, 6) is 1.51. The fourth-order valence-corrected chi connectivity index (χ4v) is 3.32. The molecule has 0 saturated carbocycles. The average Bonchev–Trinajstić information content (AvgIpc) is 2.52. The van der Waals surface area contributed by atoms with E-state index in [4.69, 9.17) is 4.74 Å². The molecular formula is C19H23NO. The molecule has 110 valence electrons. The van der Waals surface area contributed by atoms with E-state index in [9.17, 15) is 0 Å². The Morgan fingerprint density at radius 1 is 1.10 bits per heavy atom. The number of nitrogens with one attached hydrogen (secondary N) is 1. The lowest BCUT2D eigenvalue weighted by molar-refractivity contribution is 0.188. The van der Waals surface area contributed by atoms with Gasteiger partial charge in [-0.1, -0.05) is 36.4 Å². The molecule has 0 saturated heterocycles. The van der Waals surface area contributed by atoms with Gasteiger partial charge in [0.1, 0.15) is 5.75 Å². The summed E-state index contributed by atoms with van der Waals surface area (Å²) in [6.45, 7) is 5.17. The standard InChI is InChI=1S/C19H23NO/c1-13-7-6-9-17(14(13)2)19(20-3)16-11-15-8-4-5-10-18(15)21-12-16/h4-10,16,19-20H,11-12H2,1-3H3. The van der Waals surface area contributed by atoms with Crippen LogP contribution in [0.5, 0.6) is 5.75 Å². The summed E-state index contributed by atoms with van der Waals surface area (Å²) in [4.78, 5) is 0. The van der Waals surface area contributed by atoms with Gasteiger partial charge in [-0.15, -0.1) is 0 Å². The Labute approximate surface area is 127 Å². The van der Waals surface area contributed by atoms with Crippen LogP contribution < -0.4 is 10.1 Å². The van der Waals surface area contributed by atoms with Gasteiger partial charge in [-0.25, -0.2) is 0 Å². The summed E-state index contributed by atoms with van der Waals surface area (Å²) in [6.07, 6.45) is 1.06. The van der Waals surface area contributed by atoms with Crippen LogP contribution in [-0.2, 0) is 6.42 Å². The minimum atomic E-state index is 0.332. The van der Waals surface area contributed by atoms with Crippen LogP contribution in [0.1, 0.15) is 28.3 Å². The lowest BCUT2D eigenvalue weighted by atomic mass is 9.84. The van der Waals surface area contributed by atoms with E-state index in [-0.39, 0.29) is 0 Å². The maximum Gasteiger partial charge on any atom is 0.122 e. The van der Waals surface area contributed by atoms with E-state index in [2.05, 4.69) is 55.6 Å². The predicted molar refractivity (Wildman–Crippen MR) is 86.8 cm³/mol. The summed E-state index contributed by atoms with van der Waals surface area (Å²) in [7, 11) is 2.05. The molecule has 0 aliphatic carbocycles. The molecule has 1 aliphatic heterocycles. The van der Waals surface area contributed by atoms with E-state index >= 15 is 0 Å². The van der Waals surface area contributed by atoms with E-state index in [0.29, 0.717) is 12.0 Å². The second kappa shape index (κ2) is 5.90. The van der Waals surface area contributed by atoms with Gasteiger partial charge in [0, 0.05) is 12.0 Å². The zero-order valence-electron chi connectivity index (χ0n) is 13.0. The van der Waals surface area contributed by atoms with Crippen molar-refractivity contribution in [2.75, 3.05) is 13.7 Å². The molecule has 3 rings (SSSR count). The van der Waals surface area contributed by atoms with E-state index in [1.807, 2.05) is 13.1 Å². The molecule has 2 heteroatoms. The highest BCUT2D eigenvalue weighted by atomic mass is 16.5. The Kier molecular flexibility index (Phi) is 3.98. The first-order valence-electron chi connectivity index (χ1n) is 7.64. The maximum absolute atomic E-state index is 5.97. The second-order valence-electron chi connectivity index (χ2n) is 5.94. The highest BCUT2D eigenvalue weighted by molar-refractivity contribution is 5.38. The second-order valence-corrected chi connectivity index (χ2v) is 5.94. The largest absolute Gasteiger partial charge is 0.493 e. The molecule has 2 unspecified atom stereocenters. The van der Waals surface area contributed by atoms with Crippen molar-refractivity contribution in [3.8, 4) is 5.75 Å². The Balaban J connectivity index is 1.90. The molecular weight excluding hydrogens is 258 g/mol. The molecule has 0 fully saturated rings. The summed E-state index contributed by atoms with van der Waals surface area (Å²) in [5, 5.41) is 3.51. The van der Waals surface area contributed by atoms with Crippen molar-refractivity contribution >= 4 is 0 Å². The number of fused-ring (bicyclic) bond motifs is 1. The summed E-state index contributed by atoms with van der Waals surface area (Å²) < 4.78 is 5.97. The lowest BCUT2D eigenvalue weighted by Crippen LogP contribution is -2.34. The molecule has 0 aromatic heterocycles. The van der Waals surface area contributed by atoms with Crippen molar-refractivity contribution in [3.63, 3.8) is 0 Å². The monoisotopic (exact) mass is 281 g/mol. The minimum Gasteiger partial charge on any atom is -0.493 e. The minimum absolute atomic E-state index is 0.332. The fourth-order valence-electron chi connectivity index (χ4n) is 3.32. The third-order valence-electron chi connectivity index (χ3n) is 4.67. The van der Waals surface area contributed by atoms with Crippen LogP contribution in [-0.4, -0.2) is 13.7 Å². The van der Waals surface area contributed by atoms with Crippen LogP contribution in [0.25, 0.3) is 0 Å². The van der Waals surface area contributed by atoms with Gasteiger partial charge in [0.25, 0.3) is 0 Å². The highest BCUT2D eigenvalue weighted by Crippen LogP contribution is 2.34. The number of hydrogen-bond donors (Lipinski definition) is 1. The Morgan fingerprint density at radius 2 is 1.90 bits per heavy atom. The number of benzene rings is 2. The summed E-state index contributed by atoms with van der Waals surface area (Å²) in [6, 6.07) is 15.3. The molecule has 0 bridgehead atoms. The van der Waals surface area contributed by atoms with Gasteiger partial charge in [0.15, 0.2) is 0 Å². The van der Waals surface area contributed by atoms with Crippen LogP contribution in [0.15, 0.2) is 42.5 Å². The van der Waals surface area contributed by atoms with Crippen molar-refractivity contribution in [1.82, 2.24) is 5.32 Å². The molecule has 0 radical (unpaired) electrons. The van der Waals surface area contributed by atoms with Gasteiger partial charge >= 0.3 is 0 Å². The average molecular weight is 281 g/mol. The first kappa shape index (κ1) is 14.2. The van der Waals surface area contributed by atoms with Crippen LogP contribution >= 0.6 is 0 Å². The van der Waals surface area contributed by atoms with Gasteiger partial charge in [-0.3, -0.25) is 0 Å². The van der Waals surface area contributed by atoms with Crippen molar-refractivity contribution in [2.45, 2.75) is 26.3 Å². The van der Waals surface area contributed by atoms with Gasteiger partial charge in [-0.05, 0) is 55.6 Å². The van der Waals surface area contributed by atoms with Crippen LogP contribution in [0.4, 0.5) is 0 Å². The topological polar surface area (TPSA) is 21.3 Å². The maximum atomic E-state index is 5.97. The molecule has 1 N–H and O–H groups in total. The molecule has 2 aromatic rings. The van der Waals surface area contributed by atoms with Crippen LogP contribution in [0.2, 0.25) is 0 Å². The summed E-state index contributed by atoms with van der Waals surface area (Å²) >= 11 is 0. The normalized spacial score (nSPS) is 18.7. The third kappa shape index (κ3) is 2.68. The molecule has 1 aliphatic rings. The van der Waals surface area contributed by atoms with E-state index in [1.165, 1.54) is 22.3 Å². The molecule has 1 heterocycles.